The van der Waals surface area contributed by atoms with Gasteiger partial charge in [-0.3, -0.25) is 0 Å². The molecule has 0 atom stereocenters. The van der Waals surface area contributed by atoms with Crippen LogP contribution in [-0.2, 0) is 0 Å². The minimum Gasteiger partial charge on any atom is -0.497 e. The van der Waals surface area contributed by atoms with Crippen molar-refractivity contribution in [1.82, 2.24) is 4.98 Å². The summed E-state index contributed by atoms with van der Waals surface area (Å²) < 4.78 is 10.3. The van der Waals surface area contributed by atoms with Crippen molar-refractivity contribution >= 4 is 10.9 Å². The van der Waals surface area contributed by atoms with E-state index in [1.54, 1.807) is 20.4 Å². The lowest BCUT2D eigenvalue weighted by Gasteiger charge is -2.04. The number of hydrogen-bond acceptors (Lipinski definition) is 2. The maximum atomic E-state index is 5.20. The first-order chi connectivity index (χ1) is 6.35. The van der Waals surface area contributed by atoms with Gasteiger partial charge in [-0.25, -0.2) is 0 Å². The van der Waals surface area contributed by atoms with Gasteiger partial charge in [0.15, 0.2) is 0 Å². The fourth-order valence-electron chi connectivity index (χ4n) is 1.32. The van der Waals surface area contributed by atoms with E-state index in [0.717, 1.165) is 22.4 Å². The van der Waals surface area contributed by atoms with E-state index in [-0.39, 0.29) is 0 Å². The maximum Gasteiger partial charge on any atom is 0.146 e. The number of hydrogen-bond donors (Lipinski definition) is 1. The van der Waals surface area contributed by atoms with Gasteiger partial charge in [-0.2, -0.15) is 0 Å². The number of H-pyrrole nitrogens is 1. The minimum absolute atomic E-state index is 0.774. The van der Waals surface area contributed by atoms with Crippen LogP contribution in [-0.4, -0.2) is 19.2 Å². The Morgan fingerprint density at radius 3 is 2.77 bits per heavy atom. The van der Waals surface area contributed by atoms with Crippen molar-refractivity contribution in [2.45, 2.75) is 0 Å². The predicted octanol–water partition coefficient (Wildman–Crippen LogP) is 1.99. The topological polar surface area (TPSA) is 34.2 Å². The molecule has 0 spiro atoms. The van der Waals surface area contributed by atoms with Crippen molar-refractivity contribution in [2.75, 3.05) is 14.2 Å². The van der Waals surface area contributed by atoms with Crippen LogP contribution >= 0.6 is 0 Å². The number of rotatable bonds is 2. The van der Waals surface area contributed by atoms with E-state index in [1.165, 1.54) is 0 Å². The van der Waals surface area contributed by atoms with Gasteiger partial charge in [0.05, 0.1) is 19.7 Å². The van der Waals surface area contributed by atoms with Gasteiger partial charge in [0, 0.05) is 23.7 Å². The molecule has 1 aromatic carbocycles. The predicted molar refractivity (Wildman–Crippen MR) is 50.2 cm³/mol. The summed E-state index contributed by atoms with van der Waals surface area (Å²) in [5, 5.41) is 0.969. The highest BCUT2D eigenvalue weighted by atomic mass is 16.5. The van der Waals surface area contributed by atoms with Crippen LogP contribution in [0.1, 0.15) is 0 Å². The minimum atomic E-state index is 0.774. The number of aromatic nitrogens is 1. The SMILES string of the molecule is COc1cc(OC)c2[nH]c[c]c2c1. The lowest BCUT2D eigenvalue weighted by molar-refractivity contribution is 0.397. The first-order valence-corrected chi connectivity index (χ1v) is 3.96. The summed E-state index contributed by atoms with van der Waals surface area (Å²) in [7, 11) is 3.27. The highest BCUT2D eigenvalue weighted by Gasteiger charge is 2.05. The van der Waals surface area contributed by atoms with Crippen LogP contribution in [0.2, 0.25) is 0 Å². The molecule has 3 nitrogen and oxygen atoms in total. The number of benzene rings is 1. The summed E-state index contributed by atoms with van der Waals surface area (Å²) in [4.78, 5) is 3.05. The van der Waals surface area contributed by atoms with E-state index in [0.29, 0.717) is 0 Å². The zero-order chi connectivity index (χ0) is 9.26. The van der Waals surface area contributed by atoms with Crippen molar-refractivity contribution in [1.29, 1.82) is 0 Å². The van der Waals surface area contributed by atoms with Crippen LogP contribution in [0.4, 0.5) is 0 Å². The monoisotopic (exact) mass is 176 g/mol. The van der Waals surface area contributed by atoms with E-state index in [9.17, 15) is 0 Å². The molecule has 0 amide bonds. The van der Waals surface area contributed by atoms with Gasteiger partial charge in [0.2, 0.25) is 0 Å². The first kappa shape index (κ1) is 7.98. The number of ether oxygens (including phenoxy) is 2. The Hall–Kier alpha value is -1.64. The Morgan fingerprint density at radius 2 is 2.08 bits per heavy atom. The molecule has 0 bridgehead atoms. The lowest BCUT2D eigenvalue weighted by atomic mass is 10.2. The smallest absolute Gasteiger partial charge is 0.146 e. The average molecular weight is 176 g/mol. The van der Waals surface area contributed by atoms with Gasteiger partial charge >= 0.3 is 0 Å². The largest absolute Gasteiger partial charge is 0.497 e. The summed E-state index contributed by atoms with van der Waals surface area (Å²) >= 11 is 0. The third-order valence-electron chi connectivity index (χ3n) is 1.98. The Bertz CT molecular complexity index is 420. The zero-order valence-electron chi connectivity index (χ0n) is 7.55. The first-order valence-electron chi connectivity index (χ1n) is 3.96. The molecule has 3 heteroatoms. The van der Waals surface area contributed by atoms with Crippen molar-refractivity contribution < 1.29 is 9.47 Å². The van der Waals surface area contributed by atoms with E-state index in [2.05, 4.69) is 11.1 Å². The summed E-state index contributed by atoms with van der Waals surface area (Å²) in [6.07, 6.45) is 1.76. The molecule has 2 rings (SSSR count). The van der Waals surface area contributed by atoms with Gasteiger partial charge in [-0.15, -0.1) is 0 Å². The Kier molecular flexibility index (Phi) is 1.85. The van der Waals surface area contributed by atoms with Crippen LogP contribution in [0.3, 0.4) is 0 Å². The molecular formula is C10H10NO2. The molecule has 0 saturated carbocycles. The molecule has 67 valence electrons. The molecule has 0 aliphatic heterocycles. The fourth-order valence-corrected chi connectivity index (χ4v) is 1.32. The van der Waals surface area contributed by atoms with Gasteiger partial charge in [0.1, 0.15) is 11.5 Å². The van der Waals surface area contributed by atoms with Crippen molar-refractivity contribution in [2.24, 2.45) is 0 Å². The second-order valence-electron chi connectivity index (χ2n) is 2.69. The Labute approximate surface area is 76.3 Å². The molecular weight excluding hydrogens is 166 g/mol. The highest BCUT2D eigenvalue weighted by Crippen LogP contribution is 2.29. The third-order valence-corrected chi connectivity index (χ3v) is 1.98. The number of fused-ring (bicyclic) bond motifs is 1. The molecule has 1 radical (unpaired) electrons. The van der Waals surface area contributed by atoms with Crippen molar-refractivity contribution in [3.05, 3.63) is 24.4 Å². The Balaban J connectivity index is 2.70. The second kappa shape index (κ2) is 3.01. The van der Waals surface area contributed by atoms with Gasteiger partial charge in [-0.05, 0) is 6.07 Å². The normalized spacial score (nSPS) is 10.3. The zero-order valence-corrected chi connectivity index (χ0v) is 7.55. The number of aromatic amines is 1. The standard InChI is InChI=1S/C10H10NO2/c1-12-8-5-7-3-4-11-10(7)9(6-8)13-2/h4-6,11H,1-2H3. The quantitative estimate of drug-likeness (QED) is 0.759. The molecule has 1 aromatic heterocycles. The van der Waals surface area contributed by atoms with Crippen molar-refractivity contribution in [3.63, 3.8) is 0 Å². The van der Waals surface area contributed by atoms with Crippen LogP contribution < -0.4 is 9.47 Å². The fraction of sp³-hybridized carbons (Fsp3) is 0.200. The second-order valence-corrected chi connectivity index (χ2v) is 2.69. The molecule has 2 aromatic rings. The molecule has 0 aliphatic carbocycles. The summed E-state index contributed by atoms with van der Waals surface area (Å²) in [6.45, 7) is 0. The molecule has 0 saturated heterocycles. The maximum absolute atomic E-state index is 5.20. The average Bonchev–Trinajstić information content (AvgIpc) is 2.63. The highest BCUT2D eigenvalue weighted by molar-refractivity contribution is 5.86. The molecule has 1 N–H and O–H groups in total. The lowest BCUT2D eigenvalue weighted by Crippen LogP contribution is -1.87. The van der Waals surface area contributed by atoms with E-state index >= 15 is 0 Å². The van der Waals surface area contributed by atoms with Crippen molar-refractivity contribution in [3.8, 4) is 11.5 Å². The van der Waals surface area contributed by atoms with Gasteiger partial charge in [-0.1, -0.05) is 0 Å². The van der Waals surface area contributed by atoms with Crippen LogP contribution in [0, 0.1) is 6.07 Å². The Morgan fingerprint density at radius 1 is 1.23 bits per heavy atom. The summed E-state index contributed by atoms with van der Waals surface area (Å²) in [5.74, 6) is 1.55. The van der Waals surface area contributed by atoms with E-state index in [1.807, 2.05) is 12.1 Å². The van der Waals surface area contributed by atoms with Gasteiger partial charge in [0.25, 0.3) is 0 Å². The summed E-state index contributed by atoms with van der Waals surface area (Å²) in [5.41, 5.74) is 0.948. The molecule has 0 unspecified atom stereocenters. The molecule has 1 heterocycles. The molecule has 0 fully saturated rings. The summed E-state index contributed by atoms with van der Waals surface area (Å²) in [6, 6.07) is 6.80. The van der Waals surface area contributed by atoms with Crippen LogP contribution in [0.15, 0.2) is 18.3 Å². The van der Waals surface area contributed by atoms with Crippen LogP contribution in [0.25, 0.3) is 10.9 Å². The van der Waals surface area contributed by atoms with Gasteiger partial charge < -0.3 is 14.5 Å². The number of nitrogens with one attached hydrogen (secondary N) is 1. The van der Waals surface area contributed by atoms with Crippen LogP contribution in [0.5, 0.6) is 11.5 Å². The van der Waals surface area contributed by atoms with E-state index in [4.69, 9.17) is 9.47 Å². The molecule has 13 heavy (non-hydrogen) atoms. The third kappa shape index (κ3) is 1.22. The number of methoxy groups -OCH3 is 2. The van der Waals surface area contributed by atoms with E-state index < -0.39 is 0 Å². The molecule has 0 aliphatic rings.